The molecule has 0 atom stereocenters. The molecule has 0 aliphatic carbocycles. The van der Waals surface area contributed by atoms with Crippen LogP contribution in [0.2, 0.25) is 0 Å². The topological polar surface area (TPSA) is 36.6 Å². The van der Waals surface area contributed by atoms with Crippen molar-refractivity contribution in [3.8, 4) is 0 Å². The second-order valence-electron chi connectivity index (χ2n) is 7.48. The minimum absolute atomic E-state index is 0.226. The summed E-state index contributed by atoms with van der Waals surface area (Å²) >= 11 is 0. The van der Waals surface area contributed by atoms with E-state index in [2.05, 4.69) is 31.9 Å². The van der Waals surface area contributed by atoms with E-state index in [0.29, 0.717) is 37.6 Å². The minimum atomic E-state index is -1.12. The van der Waals surface area contributed by atoms with E-state index >= 15 is 0 Å². The maximum absolute atomic E-state index is 13.5. The molecule has 1 aromatic carbocycles. The highest BCUT2D eigenvalue weighted by Crippen LogP contribution is 2.31. The van der Waals surface area contributed by atoms with E-state index in [9.17, 15) is 9.50 Å². The number of nitrogens with zero attached hydrogens (tertiary/aromatic N) is 1. The smallest absolute Gasteiger partial charge is 0.136 e. The zero-order valence-electron chi connectivity index (χ0n) is 16.3. The summed E-state index contributed by atoms with van der Waals surface area (Å²) in [5, 5.41) is 10.8. The molecule has 0 aliphatic rings. The van der Waals surface area contributed by atoms with Crippen LogP contribution in [0, 0.1) is 11.7 Å². The Bertz CT molecular complexity index is 740. The molecule has 1 N–H and O–H groups in total. The number of rotatable bonds is 11. The van der Waals surface area contributed by atoms with Gasteiger partial charge in [0.1, 0.15) is 22.9 Å². The molecular weight excluding hydrogens is 341 g/mol. The summed E-state index contributed by atoms with van der Waals surface area (Å²) in [5.74, 6) is 1.53. The largest absolute Gasteiger partial charge is 0.462 e. The molecular formula is C23H30FNO2. The normalized spacial score (nSPS) is 11.9. The molecule has 146 valence electrons. The number of hydrogen-bond acceptors (Lipinski definition) is 3. The number of benzene rings is 1. The fourth-order valence-electron chi connectivity index (χ4n) is 3.29. The average Bonchev–Trinajstić information content (AvgIpc) is 3.04. The molecule has 0 amide bonds. The molecule has 1 aromatic heterocycles. The second-order valence-corrected chi connectivity index (χ2v) is 7.48. The first-order chi connectivity index (χ1) is 12.9. The first-order valence-corrected chi connectivity index (χ1v) is 9.36. The van der Waals surface area contributed by atoms with E-state index in [0.717, 1.165) is 17.9 Å². The molecule has 0 unspecified atom stereocenters. The Labute approximate surface area is 161 Å². The molecule has 0 saturated carbocycles. The highest BCUT2D eigenvalue weighted by molar-refractivity contribution is 5.18. The van der Waals surface area contributed by atoms with Crippen molar-refractivity contribution in [2.24, 2.45) is 5.92 Å². The van der Waals surface area contributed by atoms with E-state index in [4.69, 9.17) is 4.42 Å². The molecule has 3 nitrogen and oxygen atoms in total. The molecule has 0 fully saturated rings. The lowest BCUT2D eigenvalue weighted by atomic mass is 9.93. The number of halogens is 1. The minimum Gasteiger partial charge on any atom is -0.462 e. The predicted molar refractivity (Wildman–Crippen MR) is 108 cm³/mol. The van der Waals surface area contributed by atoms with Crippen molar-refractivity contribution in [2.75, 3.05) is 6.54 Å². The maximum atomic E-state index is 13.5. The first kappa shape index (κ1) is 21.1. The molecule has 0 radical (unpaired) electrons. The van der Waals surface area contributed by atoms with Crippen LogP contribution in [-0.4, -0.2) is 16.6 Å². The quantitative estimate of drug-likeness (QED) is 0.536. The summed E-state index contributed by atoms with van der Waals surface area (Å²) in [7, 11) is 0. The van der Waals surface area contributed by atoms with Crippen LogP contribution in [0.15, 0.2) is 66.1 Å². The van der Waals surface area contributed by atoms with Gasteiger partial charge < -0.3 is 9.52 Å². The summed E-state index contributed by atoms with van der Waals surface area (Å²) < 4.78 is 19.5. The lowest BCUT2D eigenvalue weighted by molar-refractivity contribution is 0.0186. The van der Waals surface area contributed by atoms with Crippen LogP contribution in [0.5, 0.6) is 0 Å². The molecule has 0 aliphatic heterocycles. The summed E-state index contributed by atoms with van der Waals surface area (Å²) in [6.45, 7) is 13.8. The van der Waals surface area contributed by atoms with Gasteiger partial charge in [-0.1, -0.05) is 38.1 Å². The van der Waals surface area contributed by atoms with Crippen LogP contribution in [-0.2, 0) is 18.7 Å². The van der Waals surface area contributed by atoms with Crippen LogP contribution in [0.3, 0.4) is 0 Å². The molecule has 1 heterocycles. The number of aliphatic hydroxyl groups is 1. The van der Waals surface area contributed by atoms with Crippen LogP contribution in [0.4, 0.5) is 4.39 Å². The van der Waals surface area contributed by atoms with E-state index in [1.807, 2.05) is 18.2 Å². The number of furan rings is 1. The third kappa shape index (κ3) is 6.19. The van der Waals surface area contributed by atoms with Gasteiger partial charge in [0.05, 0.1) is 6.54 Å². The van der Waals surface area contributed by atoms with Gasteiger partial charge in [-0.15, -0.1) is 13.2 Å². The van der Waals surface area contributed by atoms with Crippen molar-refractivity contribution in [1.29, 1.82) is 0 Å². The fraction of sp³-hybridized carbons (Fsp3) is 0.391. The van der Waals surface area contributed by atoms with E-state index in [-0.39, 0.29) is 5.82 Å². The summed E-state index contributed by atoms with van der Waals surface area (Å²) in [5.41, 5.74) is -0.190. The zero-order chi connectivity index (χ0) is 19.9. The summed E-state index contributed by atoms with van der Waals surface area (Å²) in [6.07, 6.45) is 4.15. The van der Waals surface area contributed by atoms with Gasteiger partial charge in [0.2, 0.25) is 0 Å². The Morgan fingerprint density at radius 3 is 2.44 bits per heavy atom. The van der Waals surface area contributed by atoms with Crippen molar-refractivity contribution in [3.05, 3.63) is 84.6 Å². The van der Waals surface area contributed by atoms with Gasteiger partial charge >= 0.3 is 0 Å². The van der Waals surface area contributed by atoms with Gasteiger partial charge in [-0.25, -0.2) is 4.39 Å². The SMILES string of the molecule is C=CCC(O)(CC=C)c1ccc(CN(Cc2cccc(F)c2)CC(C)C)o1. The number of hydrogen-bond donors (Lipinski definition) is 1. The monoisotopic (exact) mass is 371 g/mol. The Morgan fingerprint density at radius 1 is 1.15 bits per heavy atom. The van der Waals surface area contributed by atoms with Gasteiger partial charge in [0.25, 0.3) is 0 Å². The lowest BCUT2D eigenvalue weighted by Gasteiger charge is -2.24. The fourth-order valence-corrected chi connectivity index (χ4v) is 3.29. The highest BCUT2D eigenvalue weighted by Gasteiger charge is 2.30. The Balaban J connectivity index is 2.16. The third-order valence-electron chi connectivity index (χ3n) is 4.38. The summed E-state index contributed by atoms with van der Waals surface area (Å²) in [6, 6.07) is 10.4. The second kappa shape index (κ2) is 9.67. The lowest BCUT2D eigenvalue weighted by Crippen LogP contribution is -2.27. The third-order valence-corrected chi connectivity index (χ3v) is 4.38. The van der Waals surface area contributed by atoms with Gasteiger partial charge in [0, 0.05) is 25.9 Å². The highest BCUT2D eigenvalue weighted by atomic mass is 19.1. The molecule has 0 saturated heterocycles. The van der Waals surface area contributed by atoms with Crippen molar-refractivity contribution < 1.29 is 13.9 Å². The van der Waals surface area contributed by atoms with Crippen molar-refractivity contribution in [2.45, 2.75) is 45.4 Å². The van der Waals surface area contributed by atoms with Crippen LogP contribution < -0.4 is 0 Å². The molecule has 4 heteroatoms. The zero-order valence-corrected chi connectivity index (χ0v) is 16.3. The van der Waals surface area contributed by atoms with Crippen molar-refractivity contribution in [3.63, 3.8) is 0 Å². The predicted octanol–water partition coefficient (Wildman–Crippen LogP) is 5.42. The van der Waals surface area contributed by atoms with Gasteiger partial charge in [-0.05, 0) is 35.7 Å². The van der Waals surface area contributed by atoms with E-state index in [1.165, 1.54) is 6.07 Å². The van der Waals surface area contributed by atoms with Gasteiger partial charge in [-0.2, -0.15) is 0 Å². The van der Waals surface area contributed by atoms with Crippen LogP contribution in [0.1, 0.15) is 43.8 Å². The Morgan fingerprint density at radius 2 is 1.85 bits per heavy atom. The Kier molecular flexibility index (Phi) is 7.57. The summed E-state index contributed by atoms with van der Waals surface area (Å²) in [4.78, 5) is 2.22. The van der Waals surface area contributed by atoms with Gasteiger partial charge in [-0.3, -0.25) is 4.90 Å². The Hall–Kier alpha value is -2.17. The van der Waals surface area contributed by atoms with Crippen molar-refractivity contribution in [1.82, 2.24) is 4.90 Å². The molecule has 2 rings (SSSR count). The van der Waals surface area contributed by atoms with E-state index < -0.39 is 5.60 Å². The standard InChI is InChI=1S/C23H30FNO2/c1-5-12-23(26,13-6-2)22-11-10-21(27-22)17-25(15-18(3)4)16-19-8-7-9-20(24)14-19/h5-11,14,18,26H,1-2,12-13,15-17H2,3-4H3. The van der Waals surface area contributed by atoms with Crippen LogP contribution in [0.25, 0.3) is 0 Å². The van der Waals surface area contributed by atoms with Crippen LogP contribution >= 0.6 is 0 Å². The molecule has 2 aromatic rings. The average molecular weight is 371 g/mol. The maximum Gasteiger partial charge on any atom is 0.136 e. The molecule has 0 bridgehead atoms. The first-order valence-electron chi connectivity index (χ1n) is 9.36. The van der Waals surface area contributed by atoms with Gasteiger partial charge in [0.15, 0.2) is 0 Å². The molecule has 0 spiro atoms. The van der Waals surface area contributed by atoms with E-state index in [1.54, 1.807) is 24.3 Å². The van der Waals surface area contributed by atoms with Crippen molar-refractivity contribution >= 4 is 0 Å². The molecule has 27 heavy (non-hydrogen) atoms.